The van der Waals surface area contributed by atoms with Gasteiger partial charge in [-0.2, -0.15) is 0 Å². The summed E-state index contributed by atoms with van der Waals surface area (Å²) in [5, 5.41) is 9.55. The van der Waals surface area contributed by atoms with E-state index in [1.165, 1.54) is 5.56 Å². The highest BCUT2D eigenvalue weighted by atomic mass is 79.9. The Bertz CT molecular complexity index is 686. The van der Waals surface area contributed by atoms with Crippen LogP contribution in [0.25, 0.3) is 0 Å². The van der Waals surface area contributed by atoms with E-state index in [1.54, 1.807) is 11.3 Å². The quantitative estimate of drug-likeness (QED) is 0.828. The first-order valence-corrected chi connectivity index (χ1v) is 9.39. The average Bonchev–Trinajstić information content (AvgIpc) is 3.18. The molecule has 1 N–H and O–H groups in total. The summed E-state index contributed by atoms with van der Waals surface area (Å²) in [6.45, 7) is 2.89. The van der Waals surface area contributed by atoms with Crippen LogP contribution in [0.4, 0.5) is 0 Å². The number of rotatable bonds is 5. The predicted octanol–water partition coefficient (Wildman–Crippen LogP) is 4.11. The van der Waals surface area contributed by atoms with Gasteiger partial charge in [-0.15, -0.1) is 11.3 Å². The molecule has 0 bridgehead atoms. The summed E-state index contributed by atoms with van der Waals surface area (Å²) in [6, 6.07) is 7.66. The third kappa shape index (κ3) is 3.49. The fourth-order valence-corrected chi connectivity index (χ4v) is 4.68. The number of hydrogen-bond acceptors (Lipinski definition) is 4. The molecule has 122 valence electrons. The Morgan fingerprint density at radius 3 is 2.87 bits per heavy atom. The van der Waals surface area contributed by atoms with E-state index in [0.29, 0.717) is 6.42 Å². The molecule has 0 amide bonds. The number of likely N-dealkylation sites (tertiary alicyclic amines) is 1. The number of aromatic nitrogens is 1. The first kappa shape index (κ1) is 16.6. The van der Waals surface area contributed by atoms with Crippen molar-refractivity contribution in [2.45, 2.75) is 38.3 Å². The van der Waals surface area contributed by atoms with Gasteiger partial charge in [0.15, 0.2) is 0 Å². The van der Waals surface area contributed by atoms with Crippen LogP contribution in [0.1, 0.15) is 41.9 Å². The summed E-state index contributed by atoms with van der Waals surface area (Å²) in [6.07, 6.45) is 4.46. The van der Waals surface area contributed by atoms with Crippen LogP contribution in [-0.4, -0.2) is 33.5 Å². The number of hydrogen-bond donors (Lipinski definition) is 1. The van der Waals surface area contributed by atoms with Gasteiger partial charge in [-0.3, -0.25) is 14.7 Å². The maximum Gasteiger partial charge on any atom is 0.320 e. The van der Waals surface area contributed by atoms with E-state index in [-0.39, 0.29) is 6.04 Å². The standard InChI is InChI=1S/C17H19BrN2O2S/c1-2-11-5-6-12(19-10-11)16(14-7-8-15(18)23-14)20-9-3-4-13(20)17(21)22/h5-8,10,13,16H,2-4,9H2,1H3,(H,21,22). The SMILES string of the molecule is CCc1ccc(C(c2ccc(Br)s2)N2CCCC2C(=O)O)nc1. The molecule has 2 unspecified atom stereocenters. The van der Waals surface area contributed by atoms with Crippen molar-refractivity contribution in [3.05, 3.63) is 50.4 Å². The van der Waals surface area contributed by atoms with Crippen LogP contribution in [0.15, 0.2) is 34.2 Å². The zero-order valence-corrected chi connectivity index (χ0v) is 15.3. The van der Waals surface area contributed by atoms with Gasteiger partial charge in [0.05, 0.1) is 15.5 Å². The lowest BCUT2D eigenvalue weighted by Crippen LogP contribution is -2.39. The van der Waals surface area contributed by atoms with Gasteiger partial charge in [0.25, 0.3) is 0 Å². The number of aliphatic carboxylic acids is 1. The predicted molar refractivity (Wildman–Crippen MR) is 94.8 cm³/mol. The minimum Gasteiger partial charge on any atom is -0.480 e. The van der Waals surface area contributed by atoms with Crippen LogP contribution < -0.4 is 0 Å². The summed E-state index contributed by atoms with van der Waals surface area (Å²) < 4.78 is 1.05. The number of carboxylic acid groups (broad SMARTS) is 1. The van der Waals surface area contributed by atoms with E-state index in [9.17, 15) is 9.90 Å². The Labute approximate surface area is 148 Å². The molecule has 3 rings (SSSR count). The molecule has 1 aliphatic heterocycles. The maximum absolute atomic E-state index is 11.6. The van der Waals surface area contributed by atoms with Crippen LogP contribution in [-0.2, 0) is 11.2 Å². The van der Waals surface area contributed by atoms with E-state index < -0.39 is 12.0 Å². The number of nitrogens with zero attached hydrogens (tertiary/aromatic N) is 2. The third-order valence-electron chi connectivity index (χ3n) is 4.31. The molecule has 0 spiro atoms. The Balaban J connectivity index is 2.01. The Morgan fingerprint density at radius 1 is 1.48 bits per heavy atom. The average molecular weight is 395 g/mol. The monoisotopic (exact) mass is 394 g/mol. The van der Waals surface area contributed by atoms with Gasteiger partial charge in [-0.25, -0.2) is 0 Å². The number of thiophene rings is 1. The third-order valence-corrected chi connectivity index (χ3v) is 5.99. The van der Waals surface area contributed by atoms with Gasteiger partial charge >= 0.3 is 5.97 Å². The Morgan fingerprint density at radius 2 is 2.30 bits per heavy atom. The van der Waals surface area contributed by atoms with Gasteiger partial charge in [0.1, 0.15) is 6.04 Å². The van der Waals surface area contributed by atoms with E-state index in [1.807, 2.05) is 18.3 Å². The largest absolute Gasteiger partial charge is 0.480 e. The second-order valence-corrected chi connectivity index (χ2v) is 8.22. The molecule has 0 radical (unpaired) electrons. The summed E-state index contributed by atoms with van der Waals surface area (Å²) in [7, 11) is 0. The highest BCUT2D eigenvalue weighted by Crippen LogP contribution is 2.38. The van der Waals surface area contributed by atoms with E-state index >= 15 is 0 Å². The normalized spacial score (nSPS) is 19.8. The molecule has 1 saturated heterocycles. The number of carbonyl (C=O) groups is 1. The molecule has 4 nitrogen and oxygen atoms in total. The van der Waals surface area contributed by atoms with Crippen molar-refractivity contribution in [2.24, 2.45) is 0 Å². The molecule has 1 fully saturated rings. The summed E-state index contributed by atoms with van der Waals surface area (Å²) in [4.78, 5) is 19.5. The van der Waals surface area contributed by atoms with Gasteiger partial charge in [-0.1, -0.05) is 13.0 Å². The fourth-order valence-electron chi connectivity index (χ4n) is 3.12. The molecule has 0 saturated carbocycles. The van der Waals surface area contributed by atoms with Crippen LogP contribution in [0.3, 0.4) is 0 Å². The minimum absolute atomic E-state index is 0.0965. The fraction of sp³-hybridized carbons (Fsp3) is 0.412. The topological polar surface area (TPSA) is 53.4 Å². The number of aryl methyl sites for hydroxylation is 1. The van der Waals surface area contributed by atoms with Crippen LogP contribution in [0.5, 0.6) is 0 Å². The van der Waals surface area contributed by atoms with Gasteiger partial charge in [0.2, 0.25) is 0 Å². The molecular weight excluding hydrogens is 376 g/mol. The van der Waals surface area contributed by atoms with Crippen molar-refractivity contribution in [1.82, 2.24) is 9.88 Å². The smallest absolute Gasteiger partial charge is 0.320 e. The van der Waals surface area contributed by atoms with Gasteiger partial charge < -0.3 is 5.11 Å². The molecule has 2 aromatic rings. The summed E-state index contributed by atoms with van der Waals surface area (Å²) >= 11 is 5.16. The van der Waals surface area contributed by atoms with Crippen LogP contribution in [0.2, 0.25) is 0 Å². The van der Waals surface area contributed by atoms with Crippen molar-refractivity contribution >= 4 is 33.2 Å². The van der Waals surface area contributed by atoms with E-state index in [0.717, 1.165) is 33.7 Å². The molecule has 2 atom stereocenters. The number of carboxylic acids is 1. The van der Waals surface area contributed by atoms with Crippen molar-refractivity contribution in [1.29, 1.82) is 0 Å². The van der Waals surface area contributed by atoms with Crippen molar-refractivity contribution in [2.75, 3.05) is 6.54 Å². The minimum atomic E-state index is -0.742. The number of halogens is 1. The molecule has 6 heteroatoms. The summed E-state index contributed by atoms with van der Waals surface area (Å²) in [5.41, 5.74) is 2.11. The van der Waals surface area contributed by atoms with Crippen molar-refractivity contribution < 1.29 is 9.90 Å². The molecule has 3 heterocycles. The first-order chi connectivity index (χ1) is 11.1. The molecular formula is C17H19BrN2O2S. The second kappa shape index (κ2) is 7.11. The lowest BCUT2D eigenvalue weighted by molar-refractivity contribution is -0.142. The zero-order chi connectivity index (χ0) is 16.4. The maximum atomic E-state index is 11.6. The molecule has 23 heavy (non-hydrogen) atoms. The van der Waals surface area contributed by atoms with E-state index in [4.69, 9.17) is 0 Å². The summed E-state index contributed by atoms with van der Waals surface area (Å²) in [5.74, 6) is -0.742. The lowest BCUT2D eigenvalue weighted by Gasteiger charge is -2.30. The lowest BCUT2D eigenvalue weighted by atomic mass is 10.1. The van der Waals surface area contributed by atoms with E-state index in [2.05, 4.69) is 44.9 Å². The van der Waals surface area contributed by atoms with Crippen LogP contribution in [0, 0.1) is 0 Å². The number of pyridine rings is 1. The van der Waals surface area contributed by atoms with Crippen molar-refractivity contribution in [3.8, 4) is 0 Å². The molecule has 1 aliphatic rings. The molecule has 2 aromatic heterocycles. The highest BCUT2D eigenvalue weighted by molar-refractivity contribution is 9.11. The molecule has 0 aromatic carbocycles. The Kier molecular flexibility index (Phi) is 5.14. The van der Waals surface area contributed by atoms with Crippen molar-refractivity contribution in [3.63, 3.8) is 0 Å². The van der Waals surface area contributed by atoms with Gasteiger partial charge in [0, 0.05) is 17.6 Å². The zero-order valence-electron chi connectivity index (χ0n) is 12.9. The van der Waals surface area contributed by atoms with Gasteiger partial charge in [-0.05, 0) is 59.0 Å². The van der Waals surface area contributed by atoms with Crippen LogP contribution >= 0.6 is 27.3 Å². The molecule has 0 aliphatic carbocycles. The highest BCUT2D eigenvalue weighted by Gasteiger charge is 2.37. The Hall–Kier alpha value is -1.24. The second-order valence-electron chi connectivity index (χ2n) is 5.72. The first-order valence-electron chi connectivity index (χ1n) is 7.78.